The molecule has 2 saturated heterocycles. The van der Waals surface area contributed by atoms with Crippen molar-refractivity contribution in [1.29, 1.82) is 0 Å². The Hall–Kier alpha value is -2.38. The van der Waals surface area contributed by atoms with Crippen molar-refractivity contribution in [3.8, 4) is 0 Å². The van der Waals surface area contributed by atoms with Gasteiger partial charge in [-0.25, -0.2) is 9.96 Å². The first kappa shape index (κ1) is 18.6. The van der Waals surface area contributed by atoms with Gasteiger partial charge < -0.3 is 0 Å². The van der Waals surface area contributed by atoms with E-state index in [-0.39, 0.29) is 11.8 Å². The third-order valence-electron chi connectivity index (χ3n) is 5.10. The molecule has 1 aromatic heterocycles. The van der Waals surface area contributed by atoms with Crippen molar-refractivity contribution in [2.24, 2.45) is 5.92 Å². The maximum absolute atomic E-state index is 13.4. The van der Waals surface area contributed by atoms with E-state index in [0.717, 1.165) is 10.6 Å². The predicted octanol–water partition coefficient (Wildman–Crippen LogP) is 5.11. The Kier molecular flexibility index (Phi) is 4.59. The minimum atomic E-state index is -0.899. The second-order valence-corrected chi connectivity index (χ2v) is 8.66. The first-order chi connectivity index (χ1) is 14.0. The van der Waals surface area contributed by atoms with Crippen LogP contribution in [0.1, 0.15) is 10.9 Å². The number of carbonyl (C=O) groups excluding carboxylic acids is 2. The molecule has 3 atom stereocenters. The van der Waals surface area contributed by atoms with E-state index in [1.165, 1.54) is 16.2 Å². The summed E-state index contributed by atoms with van der Waals surface area (Å²) in [6.07, 6.45) is -0.899. The number of amides is 2. The van der Waals surface area contributed by atoms with Crippen LogP contribution < -0.4 is 9.96 Å². The van der Waals surface area contributed by atoms with Gasteiger partial charge in [-0.3, -0.25) is 14.4 Å². The largest absolute Gasteiger partial charge is 0.273 e. The molecule has 2 aliphatic rings. The highest BCUT2D eigenvalue weighted by molar-refractivity contribution is 7.10. The number of thiophene rings is 1. The Bertz CT molecular complexity index is 1090. The summed E-state index contributed by atoms with van der Waals surface area (Å²) < 4.78 is 0. The second kappa shape index (κ2) is 7.15. The highest BCUT2D eigenvalue weighted by Crippen LogP contribution is 2.48. The average molecular weight is 445 g/mol. The van der Waals surface area contributed by atoms with Gasteiger partial charge in [0.2, 0.25) is 5.91 Å². The Morgan fingerprint density at radius 1 is 0.862 bits per heavy atom. The number of hydroxylamine groups is 1. The molecular weight excluding hydrogens is 431 g/mol. The molecule has 0 aliphatic carbocycles. The van der Waals surface area contributed by atoms with Crippen LogP contribution in [0, 0.1) is 5.92 Å². The molecule has 3 heterocycles. The number of hydrogen-bond acceptors (Lipinski definition) is 5. The number of fused-ring (bicyclic) bond motifs is 1. The smallest absolute Gasteiger partial charge is 0.266 e. The lowest BCUT2D eigenvalue weighted by Gasteiger charge is -2.27. The Labute approximate surface area is 181 Å². The first-order valence-electron chi connectivity index (χ1n) is 8.93. The molecule has 3 aromatic rings. The summed E-state index contributed by atoms with van der Waals surface area (Å²) in [5.74, 6) is -1.34. The van der Waals surface area contributed by atoms with E-state index in [9.17, 15) is 9.59 Å². The van der Waals surface area contributed by atoms with Crippen LogP contribution in [0.3, 0.4) is 0 Å². The lowest BCUT2D eigenvalue weighted by molar-refractivity contribution is -0.126. The standard InChI is InChI=1S/C21H14Cl2N2O3S/c22-12-6-8-14(9-7-12)25-18(16-5-2-10-29-16)17-19(28-25)21(27)24(20(17)26)15-4-1-3-13(23)11-15/h1-11,17-19H. The number of rotatable bonds is 3. The topological polar surface area (TPSA) is 49.9 Å². The zero-order valence-corrected chi connectivity index (χ0v) is 17.2. The number of anilines is 2. The van der Waals surface area contributed by atoms with Gasteiger partial charge in [0.25, 0.3) is 5.91 Å². The molecule has 2 fully saturated rings. The van der Waals surface area contributed by atoms with Crippen LogP contribution in [0.2, 0.25) is 10.0 Å². The molecule has 2 aromatic carbocycles. The third-order valence-corrected chi connectivity index (χ3v) is 6.53. The summed E-state index contributed by atoms with van der Waals surface area (Å²) in [5, 5.41) is 4.65. The predicted molar refractivity (Wildman–Crippen MR) is 113 cm³/mol. The average Bonchev–Trinajstić information content (AvgIpc) is 3.40. The normalized spacial score (nSPS) is 23.7. The Morgan fingerprint density at radius 3 is 2.34 bits per heavy atom. The van der Waals surface area contributed by atoms with Gasteiger partial charge in [0.05, 0.1) is 11.4 Å². The highest BCUT2D eigenvalue weighted by Gasteiger charge is 2.60. The van der Waals surface area contributed by atoms with E-state index in [0.29, 0.717) is 15.7 Å². The molecule has 0 saturated carbocycles. The minimum absolute atomic E-state index is 0.294. The molecule has 0 N–H and O–H groups in total. The van der Waals surface area contributed by atoms with Gasteiger partial charge >= 0.3 is 0 Å². The van der Waals surface area contributed by atoms with Crippen molar-refractivity contribution >= 4 is 57.7 Å². The van der Waals surface area contributed by atoms with Crippen molar-refractivity contribution < 1.29 is 14.4 Å². The van der Waals surface area contributed by atoms with Crippen molar-refractivity contribution in [3.05, 3.63) is 81.0 Å². The lowest BCUT2D eigenvalue weighted by atomic mass is 9.95. The summed E-state index contributed by atoms with van der Waals surface area (Å²) in [6.45, 7) is 0. The second-order valence-electron chi connectivity index (χ2n) is 6.81. The molecule has 0 spiro atoms. The number of halogens is 2. The third kappa shape index (κ3) is 3.04. The minimum Gasteiger partial charge on any atom is -0.273 e. The first-order valence-corrected chi connectivity index (χ1v) is 10.6. The zero-order chi connectivity index (χ0) is 20.1. The van der Waals surface area contributed by atoms with Gasteiger partial charge in [-0.1, -0.05) is 35.3 Å². The highest BCUT2D eigenvalue weighted by atomic mass is 35.5. The summed E-state index contributed by atoms with van der Waals surface area (Å²) >= 11 is 13.6. The van der Waals surface area contributed by atoms with Gasteiger partial charge in [-0.05, 0) is 53.9 Å². The molecule has 8 heteroatoms. The van der Waals surface area contributed by atoms with Gasteiger partial charge in [0, 0.05) is 14.9 Å². The van der Waals surface area contributed by atoms with Gasteiger partial charge in [-0.2, -0.15) is 0 Å². The van der Waals surface area contributed by atoms with Gasteiger partial charge in [-0.15, -0.1) is 11.3 Å². The van der Waals surface area contributed by atoms with Crippen molar-refractivity contribution in [3.63, 3.8) is 0 Å². The quantitative estimate of drug-likeness (QED) is 0.526. The SMILES string of the molecule is O=C1C2ON(c3ccc(Cl)cc3)C(c3cccs3)C2C(=O)N1c1cccc(Cl)c1. The molecule has 29 heavy (non-hydrogen) atoms. The van der Waals surface area contributed by atoms with E-state index in [1.807, 2.05) is 29.6 Å². The fourth-order valence-electron chi connectivity index (χ4n) is 3.84. The molecular formula is C21H14Cl2N2O3S. The molecule has 0 radical (unpaired) electrons. The maximum Gasteiger partial charge on any atom is 0.266 e. The summed E-state index contributed by atoms with van der Waals surface area (Å²) in [6, 6.07) is 17.3. The van der Waals surface area contributed by atoms with Gasteiger partial charge in [0.15, 0.2) is 6.10 Å². The number of carbonyl (C=O) groups is 2. The summed E-state index contributed by atoms with van der Waals surface area (Å²) in [7, 11) is 0. The maximum atomic E-state index is 13.4. The monoisotopic (exact) mass is 444 g/mol. The molecule has 2 amide bonds. The Morgan fingerprint density at radius 2 is 1.66 bits per heavy atom. The van der Waals surface area contributed by atoms with Crippen LogP contribution in [0.5, 0.6) is 0 Å². The number of imide groups is 1. The summed E-state index contributed by atoms with van der Waals surface area (Å²) in [4.78, 5) is 34.7. The van der Waals surface area contributed by atoms with Crippen LogP contribution in [-0.4, -0.2) is 17.9 Å². The number of hydrogen-bond donors (Lipinski definition) is 0. The molecule has 5 rings (SSSR count). The number of nitrogens with zero attached hydrogens (tertiary/aromatic N) is 2. The van der Waals surface area contributed by atoms with Crippen LogP contribution in [0.4, 0.5) is 11.4 Å². The van der Waals surface area contributed by atoms with Gasteiger partial charge in [0.1, 0.15) is 12.0 Å². The fraction of sp³-hybridized carbons (Fsp3) is 0.143. The molecule has 2 aliphatic heterocycles. The van der Waals surface area contributed by atoms with E-state index in [2.05, 4.69) is 0 Å². The number of benzene rings is 2. The van der Waals surface area contributed by atoms with Crippen molar-refractivity contribution in [2.75, 3.05) is 9.96 Å². The van der Waals surface area contributed by atoms with Crippen LogP contribution in [-0.2, 0) is 14.4 Å². The Balaban J connectivity index is 1.57. The zero-order valence-electron chi connectivity index (χ0n) is 14.9. The van der Waals surface area contributed by atoms with E-state index in [1.54, 1.807) is 41.5 Å². The van der Waals surface area contributed by atoms with Crippen LogP contribution >= 0.6 is 34.5 Å². The van der Waals surface area contributed by atoms with E-state index in [4.69, 9.17) is 28.0 Å². The van der Waals surface area contributed by atoms with E-state index < -0.39 is 18.1 Å². The van der Waals surface area contributed by atoms with Crippen molar-refractivity contribution in [2.45, 2.75) is 12.1 Å². The molecule has 5 nitrogen and oxygen atoms in total. The van der Waals surface area contributed by atoms with Crippen LogP contribution in [0.25, 0.3) is 0 Å². The summed E-state index contributed by atoms with van der Waals surface area (Å²) in [5.41, 5.74) is 1.19. The van der Waals surface area contributed by atoms with E-state index >= 15 is 0 Å². The lowest BCUT2D eigenvalue weighted by Crippen LogP contribution is -2.37. The van der Waals surface area contributed by atoms with Crippen molar-refractivity contribution in [1.82, 2.24) is 0 Å². The molecule has 0 bridgehead atoms. The fourth-order valence-corrected chi connectivity index (χ4v) is 5.01. The molecule has 3 unspecified atom stereocenters. The van der Waals surface area contributed by atoms with Crippen LogP contribution in [0.15, 0.2) is 66.0 Å². The molecule has 146 valence electrons.